The monoisotopic (exact) mass is 288 g/mol. The minimum atomic E-state index is 0.240. The third-order valence-corrected chi connectivity index (χ3v) is 3.74. The van der Waals surface area contributed by atoms with Crippen LogP contribution in [-0.4, -0.2) is 29.1 Å². The number of aromatic nitrogens is 2. The summed E-state index contributed by atoms with van der Waals surface area (Å²) in [4.78, 5) is 11.4. The fourth-order valence-electron chi connectivity index (χ4n) is 2.44. The van der Waals surface area contributed by atoms with Crippen LogP contribution in [0, 0.1) is 6.92 Å². The molecule has 4 nitrogen and oxygen atoms in total. The lowest BCUT2D eigenvalue weighted by molar-refractivity contribution is 0.751. The molecule has 3 rings (SSSR count). The highest BCUT2D eigenvalue weighted by atomic mass is 35.5. The molecule has 1 atom stereocenters. The van der Waals surface area contributed by atoms with E-state index in [0.29, 0.717) is 5.02 Å². The lowest BCUT2D eigenvalue weighted by Crippen LogP contribution is -2.27. The van der Waals surface area contributed by atoms with Gasteiger partial charge in [0, 0.05) is 41.5 Å². The summed E-state index contributed by atoms with van der Waals surface area (Å²) in [5.74, 6) is 1.69. The van der Waals surface area contributed by atoms with E-state index in [1.807, 2.05) is 37.3 Å². The van der Waals surface area contributed by atoms with Crippen LogP contribution in [0.25, 0.3) is 11.4 Å². The summed E-state index contributed by atoms with van der Waals surface area (Å²) >= 11 is 5.92. The van der Waals surface area contributed by atoms with Crippen LogP contribution in [0.3, 0.4) is 0 Å². The van der Waals surface area contributed by atoms with E-state index in [-0.39, 0.29) is 6.04 Å². The van der Waals surface area contributed by atoms with Crippen molar-refractivity contribution in [3.63, 3.8) is 0 Å². The summed E-state index contributed by atoms with van der Waals surface area (Å²) in [6.45, 7) is 3.80. The van der Waals surface area contributed by atoms with Gasteiger partial charge in [-0.1, -0.05) is 11.6 Å². The van der Waals surface area contributed by atoms with Gasteiger partial charge >= 0.3 is 0 Å². The quantitative estimate of drug-likeness (QED) is 0.923. The smallest absolute Gasteiger partial charge is 0.161 e. The van der Waals surface area contributed by atoms with Gasteiger partial charge in [0.25, 0.3) is 0 Å². The van der Waals surface area contributed by atoms with Gasteiger partial charge in [0.1, 0.15) is 5.82 Å². The van der Waals surface area contributed by atoms with Crippen LogP contribution in [-0.2, 0) is 0 Å². The Morgan fingerprint density at radius 1 is 1.25 bits per heavy atom. The Bertz CT molecular complexity index is 612. The maximum absolute atomic E-state index is 5.97. The van der Waals surface area contributed by atoms with E-state index in [1.54, 1.807) is 0 Å². The number of aryl methyl sites for hydroxylation is 1. The van der Waals surface area contributed by atoms with E-state index < -0.39 is 0 Å². The van der Waals surface area contributed by atoms with Gasteiger partial charge in [0.15, 0.2) is 5.82 Å². The van der Waals surface area contributed by atoms with Crippen molar-refractivity contribution < 1.29 is 0 Å². The molecule has 1 aliphatic heterocycles. The predicted molar refractivity (Wildman–Crippen MR) is 82.0 cm³/mol. The molecule has 5 heteroatoms. The van der Waals surface area contributed by atoms with E-state index in [4.69, 9.17) is 17.3 Å². The maximum atomic E-state index is 5.97. The highest BCUT2D eigenvalue weighted by Gasteiger charge is 2.21. The second-order valence-corrected chi connectivity index (χ2v) is 5.63. The van der Waals surface area contributed by atoms with Crippen molar-refractivity contribution in [2.24, 2.45) is 5.73 Å². The Morgan fingerprint density at radius 3 is 2.65 bits per heavy atom. The molecule has 1 unspecified atom stereocenters. The number of hydrogen-bond acceptors (Lipinski definition) is 4. The zero-order valence-corrected chi connectivity index (χ0v) is 12.1. The standard InChI is InChI=1S/C15H17ClN4/c1-10-8-14(20-7-6-13(17)9-20)19-15(18-10)11-2-4-12(16)5-3-11/h2-5,8,13H,6-7,9,17H2,1H3. The fourth-order valence-corrected chi connectivity index (χ4v) is 2.56. The first-order valence-corrected chi connectivity index (χ1v) is 7.12. The van der Waals surface area contributed by atoms with E-state index in [2.05, 4.69) is 14.9 Å². The van der Waals surface area contributed by atoms with Crippen molar-refractivity contribution in [1.29, 1.82) is 0 Å². The van der Waals surface area contributed by atoms with Gasteiger partial charge in [-0.25, -0.2) is 9.97 Å². The lowest BCUT2D eigenvalue weighted by Gasteiger charge is -2.18. The van der Waals surface area contributed by atoms with Gasteiger partial charge in [-0.15, -0.1) is 0 Å². The highest BCUT2D eigenvalue weighted by molar-refractivity contribution is 6.30. The zero-order chi connectivity index (χ0) is 14.1. The third-order valence-electron chi connectivity index (χ3n) is 3.49. The molecule has 2 heterocycles. The summed E-state index contributed by atoms with van der Waals surface area (Å²) in [6.07, 6.45) is 1.01. The number of halogens is 1. The summed E-state index contributed by atoms with van der Waals surface area (Å²) in [5, 5.41) is 0.715. The molecule has 0 saturated carbocycles. The molecule has 104 valence electrons. The summed E-state index contributed by atoms with van der Waals surface area (Å²) < 4.78 is 0. The van der Waals surface area contributed by atoms with E-state index in [0.717, 1.165) is 42.4 Å². The Kier molecular flexibility index (Phi) is 3.59. The molecular formula is C15H17ClN4. The molecule has 20 heavy (non-hydrogen) atoms. The molecule has 0 radical (unpaired) electrons. The topological polar surface area (TPSA) is 55.0 Å². The van der Waals surface area contributed by atoms with Gasteiger partial charge in [-0.2, -0.15) is 0 Å². The average molecular weight is 289 g/mol. The summed E-state index contributed by atoms with van der Waals surface area (Å²) in [7, 11) is 0. The molecule has 0 amide bonds. The Labute approximate surface area is 123 Å². The number of nitrogens with zero attached hydrogens (tertiary/aromatic N) is 3. The van der Waals surface area contributed by atoms with Crippen LogP contribution in [0.2, 0.25) is 5.02 Å². The van der Waals surface area contributed by atoms with Gasteiger partial charge in [0.2, 0.25) is 0 Å². The SMILES string of the molecule is Cc1cc(N2CCC(N)C2)nc(-c2ccc(Cl)cc2)n1. The summed E-state index contributed by atoms with van der Waals surface area (Å²) in [6, 6.07) is 9.84. The Balaban J connectivity index is 1.96. The first-order chi connectivity index (χ1) is 9.61. The minimum absolute atomic E-state index is 0.240. The van der Waals surface area contributed by atoms with Crippen LogP contribution in [0.1, 0.15) is 12.1 Å². The molecule has 0 aliphatic carbocycles. The van der Waals surface area contributed by atoms with Gasteiger partial charge in [-0.3, -0.25) is 0 Å². The number of benzene rings is 1. The van der Waals surface area contributed by atoms with E-state index in [1.165, 1.54) is 0 Å². The average Bonchev–Trinajstić information content (AvgIpc) is 2.85. The molecule has 0 spiro atoms. The number of rotatable bonds is 2. The van der Waals surface area contributed by atoms with Crippen molar-refractivity contribution in [2.75, 3.05) is 18.0 Å². The highest BCUT2D eigenvalue weighted by Crippen LogP contribution is 2.23. The van der Waals surface area contributed by atoms with Gasteiger partial charge < -0.3 is 10.6 Å². The van der Waals surface area contributed by atoms with Crippen molar-refractivity contribution in [3.05, 3.63) is 41.0 Å². The molecule has 1 aliphatic rings. The largest absolute Gasteiger partial charge is 0.355 e. The van der Waals surface area contributed by atoms with Crippen molar-refractivity contribution in [2.45, 2.75) is 19.4 Å². The van der Waals surface area contributed by atoms with Crippen molar-refractivity contribution in [1.82, 2.24) is 9.97 Å². The first-order valence-electron chi connectivity index (χ1n) is 6.74. The minimum Gasteiger partial charge on any atom is -0.355 e. The van der Waals surface area contributed by atoms with Crippen LogP contribution in [0.15, 0.2) is 30.3 Å². The van der Waals surface area contributed by atoms with Crippen LogP contribution in [0.4, 0.5) is 5.82 Å². The molecule has 2 N–H and O–H groups in total. The second kappa shape index (κ2) is 5.38. The molecular weight excluding hydrogens is 272 g/mol. The molecule has 1 aromatic carbocycles. The predicted octanol–water partition coefficient (Wildman–Crippen LogP) is 2.64. The molecule has 1 fully saturated rings. The number of hydrogen-bond donors (Lipinski definition) is 1. The number of anilines is 1. The molecule has 2 aromatic rings. The van der Waals surface area contributed by atoms with Crippen LogP contribution < -0.4 is 10.6 Å². The third kappa shape index (κ3) is 2.76. The van der Waals surface area contributed by atoms with Crippen molar-refractivity contribution in [3.8, 4) is 11.4 Å². The fraction of sp³-hybridized carbons (Fsp3) is 0.333. The Morgan fingerprint density at radius 2 is 2.00 bits per heavy atom. The van der Waals surface area contributed by atoms with Gasteiger partial charge in [-0.05, 0) is 37.6 Å². The van der Waals surface area contributed by atoms with Crippen LogP contribution in [0.5, 0.6) is 0 Å². The Hall–Kier alpha value is -1.65. The van der Waals surface area contributed by atoms with Gasteiger partial charge in [0.05, 0.1) is 0 Å². The summed E-state index contributed by atoms with van der Waals surface area (Å²) in [5.41, 5.74) is 7.90. The maximum Gasteiger partial charge on any atom is 0.161 e. The zero-order valence-electron chi connectivity index (χ0n) is 11.4. The molecule has 1 saturated heterocycles. The van der Waals surface area contributed by atoms with E-state index >= 15 is 0 Å². The number of nitrogens with two attached hydrogens (primary N) is 1. The molecule has 1 aromatic heterocycles. The first kappa shape index (κ1) is 13.3. The lowest BCUT2D eigenvalue weighted by atomic mass is 10.2. The molecule has 0 bridgehead atoms. The second-order valence-electron chi connectivity index (χ2n) is 5.19. The van der Waals surface area contributed by atoms with Crippen LogP contribution >= 0.6 is 11.6 Å². The van der Waals surface area contributed by atoms with Crippen molar-refractivity contribution >= 4 is 17.4 Å². The van der Waals surface area contributed by atoms with E-state index in [9.17, 15) is 0 Å². The normalized spacial score (nSPS) is 18.6.